The molecular weight excluding hydrogens is 290 g/mol. The number of carboxylic acid groups (broad SMARTS) is 1. The van der Waals surface area contributed by atoms with Crippen molar-refractivity contribution in [2.75, 3.05) is 6.54 Å². The summed E-state index contributed by atoms with van der Waals surface area (Å²) < 4.78 is 26.4. The highest BCUT2D eigenvalue weighted by Crippen LogP contribution is 2.13. The van der Waals surface area contributed by atoms with E-state index in [1.54, 1.807) is 12.1 Å². The van der Waals surface area contributed by atoms with Crippen LogP contribution in [0.2, 0.25) is 0 Å². The fourth-order valence-electron chi connectivity index (χ4n) is 2.14. The summed E-state index contributed by atoms with van der Waals surface area (Å²) in [5, 5.41) is 9.11. The van der Waals surface area contributed by atoms with Crippen LogP contribution in [0.15, 0.2) is 24.3 Å². The summed E-state index contributed by atoms with van der Waals surface area (Å²) >= 11 is 0. The molecule has 0 heterocycles. The molecule has 0 saturated carbocycles. The molecule has 0 bridgehead atoms. The van der Waals surface area contributed by atoms with Crippen LogP contribution in [0.1, 0.15) is 31.4 Å². The third-order valence-corrected chi connectivity index (χ3v) is 4.41. The molecule has 0 aromatic heterocycles. The summed E-state index contributed by atoms with van der Waals surface area (Å²) in [6.45, 7) is 5.66. The van der Waals surface area contributed by atoms with E-state index >= 15 is 0 Å². The standard InChI is InChI=1S/C15H23NO4S/c1-11(2)7-14(15(17)18)9-16-21(19,20)10-13-6-4-5-12(3)8-13/h4-6,8,11,14,16H,7,9-10H2,1-3H3,(H,17,18). The average Bonchev–Trinajstić information content (AvgIpc) is 2.33. The van der Waals surface area contributed by atoms with Gasteiger partial charge in [-0.3, -0.25) is 4.79 Å². The molecule has 0 fully saturated rings. The molecule has 0 aliphatic heterocycles. The van der Waals surface area contributed by atoms with Crippen molar-refractivity contribution in [2.45, 2.75) is 32.9 Å². The lowest BCUT2D eigenvalue weighted by Gasteiger charge is -2.15. The molecule has 1 aromatic rings. The van der Waals surface area contributed by atoms with E-state index < -0.39 is 21.9 Å². The van der Waals surface area contributed by atoms with Crippen LogP contribution in [-0.4, -0.2) is 26.0 Å². The van der Waals surface area contributed by atoms with Gasteiger partial charge in [-0.15, -0.1) is 0 Å². The first-order chi connectivity index (χ1) is 9.69. The molecule has 0 spiro atoms. The molecule has 1 rings (SSSR count). The van der Waals surface area contributed by atoms with Gasteiger partial charge in [0.25, 0.3) is 0 Å². The molecule has 0 aliphatic rings. The fourth-order valence-corrected chi connectivity index (χ4v) is 3.32. The monoisotopic (exact) mass is 313 g/mol. The quantitative estimate of drug-likeness (QED) is 0.770. The van der Waals surface area contributed by atoms with Gasteiger partial charge in [-0.05, 0) is 24.8 Å². The number of hydrogen-bond donors (Lipinski definition) is 2. The Hall–Kier alpha value is -1.40. The van der Waals surface area contributed by atoms with Crippen molar-refractivity contribution in [3.05, 3.63) is 35.4 Å². The Labute approximate surface area is 126 Å². The maximum absolute atomic E-state index is 12.0. The highest BCUT2D eigenvalue weighted by Gasteiger charge is 2.21. The number of nitrogens with one attached hydrogen (secondary N) is 1. The lowest BCUT2D eigenvalue weighted by Crippen LogP contribution is -2.34. The van der Waals surface area contributed by atoms with Gasteiger partial charge in [0.2, 0.25) is 10.0 Å². The second-order valence-corrected chi connectivity index (χ2v) is 7.57. The average molecular weight is 313 g/mol. The first kappa shape index (κ1) is 17.7. The van der Waals surface area contributed by atoms with Crippen LogP contribution in [-0.2, 0) is 20.6 Å². The van der Waals surface area contributed by atoms with Gasteiger partial charge in [0.15, 0.2) is 0 Å². The molecule has 1 atom stereocenters. The number of carboxylic acids is 1. The van der Waals surface area contributed by atoms with E-state index in [0.717, 1.165) is 5.56 Å². The topological polar surface area (TPSA) is 83.5 Å². The van der Waals surface area contributed by atoms with E-state index in [1.165, 1.54) is 0 Å². The first-order valence-corrected chi connectivity index (χ1v) is 8.60. The maximum Gasteiger partial charge on any atom is 0.307 e. The lowest BCUT2D eigenvalue weighted by molar-refractivity contribution is -0.142. The van der Waals surface area contributed by atoms with Crippen molar-refractivity contribution in [2.24, 2.45) is 11.8 Å². The Kier molecular flexibility index (Phi) is 6.36. The normalized spacial score (nSPS) is 13.3. The predicted octanol–water partition coefficient (Wildman–Crippen LogP) is 2.16. The van der Waals surface area contributed by atoms with E-state index in [2.05, 4.69) is 4.72 Å². The summed E-state index contributed by atoms with van der Waals surface area (Å²) in [6, 6.07) is 7.25. The van der Waals surface area contributed by atoms with Gasteiger partial charge in [-0.2, -0.15) is 0 Å². The van der Waals surface area contributed by atoms with Gasteiger partial charge in [0.05, 0.1) is 11.7 Å². The van der Waals surface area contributed by atoms with Crippen LogP contribution in [0.3, 0.4) is 0 Å². The Morgan fingerprint density at radius 2 is 2.00 bits per heavy atom. The van der Waals surface area contributed by atoms with Gasteiger partial charge >= 0.3 is 5.97 Å². The molecule has 5 nitrogen and oxygen atoms in total. The van der Waals surface area contributed by atoms with Gasteiger partial charge in [0.1, 0.15) is 0 Å². The Balaban J connectivity index is 2.65. The molecular formula is C15H23NO4S. The zero-order valence-electron chi connectivity index (χ0n) is 12.7. The third-order valence-electron chi connectivity index (χ3n) is 3.09. The van der Waals surface area contributed by atoms with Crippen LogP contribution in [0.25, 0.3) is 0 Å². The zero-order chi connectivity index (χ0) is 16.0. The second kappa shape index (κ2) is 7.56. The first-order valence-electron chi connectivity index (χ1n) is 6.95. The van der Waals surface area contributed by atoms with E-state index in [9.17, 15) is 13.2 Å². The van der Waals surface area contributed by atoms with E-state index in [0.29, 0.717) is 12.0 Å². The summed E-state index contributed by atoms with van der Waals surface area (Å²) in [6.07, 6.45) is 0.447. The van der Waals surface area contributed by atoms with Crippen LogP contribution in [0, 0.1) is 18.8 Å². The SMILES string of the molecule is Cc1cccc(CS(=O)(=O)NCC(CC(C)C)C(=O)O)c1. The molecule has 0 amide bonds. The number of carbonyl (C=O) groups is 1. The largest absolute Gasteiger partial charge is 0.481 e. The van der Waals surface area contributed by atoms with Crippen molar-refractivity contribution >= 4 is 16.0 Å². The minimum Gasteiger partial charge on any atom is -0.481 e. The molecule has 0 aliphatic carbocycles. The predicted molar refractivity (Wildman–Crippen MR) is 82.4 cm³/mol. The molecule has 118 valence electrons. The van der Waals surface area contributed by atoms with Crippen molar-refractivity contribution in [1.29, 1.82) is 0 Å². The highest BCUT2D eigenvalue weighted by molar-refractivity contribution is 7.88. The number of benzene rings is 1. The van der Waals surface area contributed by atoms with E-state index in [-0.39, 0.29) is 18.2 Å². The molecule has 2 N–H and O–H groups in total. The van der Waals surface area contributed by atoms with Gasteiger partial charge in [-0.1, -0.05) is 43.7 Å². The summed E-state index contributed by atoms with van der Waals surface area (Å²) in [5.41, 5.74) is 1.68. The molecule has 0 radical (unpaired) electrons. The smallest absolute Gasteiger partial charge is 0.307 e. The third kappa shape index (κ3) is 6.73. The highest BCUT2D eigenvalue weighted by atomic mass is 32.2. The van der Waals surface area contributed by atoms with Crippen LogP contribution >= 0.6 is 0 Å². The number of sulfonamides is 1. The maximum atomic E-state index is 12.0. The fraction of sp³-hybridized carbons (Fsp3) is 0.533. The van der Waals surface area contributed by atoms with Gasteiger partial charge < -0.3 is 5.11 Å². The number of aliphatic carboxylic acids is 1. The number of hydrogen-bond acceptors (Lipinski definition) is 3. The summed E-state index contributed by atoms with van der Waals surface area (Å²) in [4.78, 5) is 11.1. The van der Waals surface area contributed by atoms with Crippen molar-refractivity contribution in [3.63, 3.8) is 0 Å². The molecule has 6 heteroatoms. The lowest BCUT2D eigenvalue weighted by atomic mass is 9.98. The van der Waals surface area contributed by atoms with Crippen LogP contribution in [0.4, 0.5) is 0 Å². The molecule has 0 saturated heterocycles. The Bertz CT molecular complexity index is 581. The van der Waals surface area contributed by atoms with Crippen LogP contribution in [0.5, 0.6) is 0 Å². The second-order valence-electron chi connectivity index (χ2n) is 5.76. The van der Waals surface area contributed by atoms with Crippen molar-refractivity contribution < 1.29 is 18.3 Å². The Morgan fingerprint density at radius 1 is 1.33 bits per heavy atom. The van der Waals surface area contributed by atoms with E-state index in [1.807, 2.05) is 32.9 Å². The van der Waals surface area contributed by atoms with Crippen molar-refractivity contribution in [1.82, 2.24) is 4.72 Å². The molecule has 21 heavy (non-hydrogen) atoms. The minimum absolute atomic E-state index is 0.0678. The molecule has 1 unspecified atom stereocenters. The number of aryl methyl sites for hydroxylation is 1. The number of rotatable bonds is 8. The minimum atomic E-state index is -3.53. The Morgan fingerprint density at radius 3 is 2.52 bits per heavy atom. The van der Waals surface area contributed by atoms with Gasteiger partial charge in [0, 0.05) is 6.54 Å². The zero-order valence-corrected chi connectivity index (χ0v) is 13.5. The summed E-state index contributed by atoms with van der Waals surface area (Å²) in [5.74, 6) is -1.60. The van der Waals surface area contributed by atoms with Crippen molar-refractivity contribution in [3.8, 4) is 0 Å². The van der Waals surface area contributed by atoms with Gasteiger partial charge in [-0.25, -0.2) is 13.1 Å². The summed E-state index contributed by atoms with van der Waals surface area (Å²) in [7, 11) is -3.53. The van der Waals surface area contributed by atoms with E-state index in [4.69, 9.17) is 5.11 Å². The molecule has 1 aromatic carbocycles. The van der Waals surface area contributed by atoms with Crippen LogP contribution < -0.4 is 4.72 Å².